The number of fused-ring (bicyclic) bond motifs is 1. The van der Waals surface area contributed by atoms with Crippen LogP contribution in [0.15, 0.2) is 24.5 Å². The Labute approximate surface area is 100 Å². The summed E-state index contributed by atoms with van der Waals surface area (Å²) in [6, 6.07) is 5.87. The highest BCUT2D eigenvalue weighted by Gasteiger charge is 2.17. The molecule has 86 valence electrons. The number of nitrogens with zero attached hydrogens (tertiary/aromatic N) is 2. The van der Waals surface area contributed by atoms with Crippen molar-refractivity contribution in [3.63, 3.8) is 0 Å². The van der Waals surface area contributed by atoms with Gasteiger partial charge in [0.2, 0.25) is 0 Å². The highest BCUT2D eigenvalue weighted by atomic mass is 32.2. The van der Waals surface area contributed by atoms with Crippen LogP contribution >= 0.6 is 11.8 Å². The van der Waals surface area contributed by atoms with Crippen molar-refractivity contribution in [3.05, 3.63) is 24.5 Å². The highest BCUT2D eigenvalue weighted by Crippen LogP contribution is 2.25. The number of nitrogen functional groups attached to an aromatic ring is 1. The maximum Gasteiger partial charge on any atom is 0.0958 e. The fourth-order valence-electron chi connectivity index (χ4n) is 1.68. The zero-order chi connectivity index (χ0) is 11.8. The second kappa shape index (κ2) is 4.01. The van der Waals surface area contributed by atoms with E-state index in [4.69, 9.17) is 5.73 Å². The van der Waals surface area contributed by atoms with Crippen LogP contribution in [0.2, 0.25) is 0 Å². The minimum Gasteiger partial charge on any atom is -0.399 e. The van der Waals surface area contributed by atoms with Crippen LogP contribution in [0, 0.1) is 0 Å². The molecule has 0 atom stereocenters. The molecule has 3 nitrogen and oxygen atoms in total. The molecule has 0 aliphatic rings. The molecule has 2 aromatic rings. The van der Waals surface area contributed by atoms with Gasteiger partial charge in [0.25, 0.3) is 0 Å². The van der Waals surface area contributed by atoms with Crippen molar-refractivity contribution >= 4 is 28.5 Å². The SMILES string of the molecule is CSC(C)(C)Cn1cnc2cc(N)ccc21. The van der Waals surface area contributed by atoms with Crippen LogP contribution in [-0.4, -0.2) is 20.6 Å². The first-order valence-corrected chi connectivity index (χ1v) is 6.50. The van der Waals surface area contributed by atoms with Crippen molar-refractivity contribution in [2.24, 2.45) is 0 Å². The van der Waals surface area contributed by atoms with E-state index in [1.807, 2.05) is 36.3 Å². The van der Waals surface area contributed by atoms with Gasteiger partial charge in [-0.15, -0.1) is 0 Å². The third-order valence-corrected chi connectivity index (χ3v) is 3.98. The van der Waals surface area contributed by atoms with E-state index in [2.05, 4.69) is 29.7 Å². The summed E-state index contributed by atoms with van der Waals surface area (Å²) in [5.41, 5.74) is 8.62. The largest absolute Gasteiger partial charge is 0.399 e. The average molecular weight is 235 g/mol. The second-order valence-corrected chi connectivity index (χ2v) is 6.10. The van der Waals surface area contributed by atoms with Crippen molar-refractivity contribution in [2.75, 3.05) is 12.0 Å². The Morgan fingerprint density at radius 2 is 2.19 bits per heavy atom. The van der Waals surface area contributed by atoms with E-state index in [1.54, 1.807) is 0 Å². The molecule has 0 aliphatic carbocycles. The van der Waals surface area contributed by atoms with Gasteiger partial charge in [-0.1, -0.05) is 0 Å². The predicted octanol–water partition coefficient (Wildman–Crippen LogP) is 2.76. The van der Waals surface area contributed by atoms with E-state index in [0.717, 1.165) is 23.3 Å². The summed E-state index contributed by atoms with van der Waals surface area (Å²) in [7, 11) is 0. The smallest absolute Gasteiger partial charge is 0.0958 e. The third-order valence-electron chi connectivity index (χ3n) is 2.75. The van der Waals surface area contributed by atoms with E-state index >= 15 is 0 Å². The Kier molecular flexibility index (Phi) is 2.84. The molecule has 2 N–H and O–H groups in total. The van der Waals surface area contributed by atoms with Crippen LogP contribution in [0.3, 0.4) is 0 Å². The van der Waals surface area contributed by atoms with Crippen LogP contribution in [-0.2, 0) is 6.54 Å². The number of rotatable bonds is 3. The molecule has 1 aromatic heterocycles. The van der Waals surface area contributed by atoms with E-state index < -0.39 is 0 Å². The number of imidazole rings is 1. The van der Waals surface area contributed by atoms with Crippen molar-refractivity contribution in [2.45, 2.75) is 25.1 Å². The number of aromatic nitrogens is 2. The summed E-state index contributed by atoms with van der Waals surface area (Å²) in [4.78, 5) is 4.37. The van der Waals surface area contributed by atoms with Gasteiger partial charge >= 0.3 is 0 Å². The zero-order valence-electron chi connectivity index (χ0n) is 9.90. The van der Waals surface area contributed by atoms with Gasteiger partial charge in [0, 0.05) is 17.0 Å². The molecule has 0 spiro atoms. The number of anilines is 1. The Morgan fingerprint density at radius 1 is 1.44 bits per heavy atom. The second-order valence-electron chi connectivity index (χ2n) is 4.58. The van der Waals surface area contributed by atoms with E-state index in [1.165, 1.54) is 0 Å². The van der Waals surface area contributed by atoms with Crippen molar-refractivity contribution in [1.82, 2.24) is 9.55 Å². The van der Waals surface area contributed by atoms with E-state index in [0.29, 0.717) is 0 Å². The van der Waals surface area contributed by atoms with Gasteiger partial charge in [-0.05, 0) is 38.3 Å². The van der Waals surface area contributed by atoms with Crippen LogP contribution in [0.5, 0.6) is 0 Å². The summed E-state index contributed by atoms with van der Waals surface area (Å²) in [5, 5.41) is 0. The highest BCUT2D eigenvalue weighted by molar-refractivity contribution is 7.99. The summed E-state index contributed by atoms with van der Waals surface area (Å²) in [6.45, 7) is 5.43. The molecule has 0 radical (unpaired) electrons. The molecule has 1 aromatic carbocycles. The monoisotopic (exact) mass is 235 g/mol. The standard InChI is InChI=1S/C12H17N3S/c1-12(2,16-3)7-15-8-14-10-6-9(13)4-5-11(10)15/h4-6,8H,7,13H2,1-3H3. The fourth-order valence-corrected chi connectivity index (χ4v) is 1.95. The van der Waals surface area contributed by atoms with E-state index in [9.17, 15) is 0 Å². The molecule has 0 bridgehead atoms. The first kappa shape index (κ1) is 11.3. The normalized spacial score (nSPS) is 12.2. The third kappa shape index (κ3) is 2.16. The van der Waals surface area contributed by atoms with Gasteiger partial charge in [-0.2, -0.15) is 11.8 Å². The van der Waals surface area contributed by atoms with Gasteiger partial charge in [-0.3, -0.25) is 0 Å². The molecule has 2 rings (SSSR count). The van der Waals surface area contributed by atoms with E-state index in [-0.39, 0.29) is 4.75 Å². The Morgan fingerprint density at radius 3 is 2.88 bits per heavy atom. The Hall–Kier alpha value is -1.16. The molecule has 4 heteroatoms. The molecule has 1 heterocycles. The lowest BCUT2D eigenvalue weighted by atomic mass is 10.2. The molecular formula is C12H17N3S. The maximum atomic E-state index is 5.73. The summed E-state index contributed by atoms with van der Waals surface area (Å²) in [6.07, 6.45) is 4.03. The van der Waals surface area contributed by atoms with Crippen LogP contribution in [0.1, 0.15) is 13.8 Å². The van der Waals surface area contributed by atoms with Crippen LogP contribution in [0.4, 0.5) is 5.69 Å². The zero-order valence-corrected chi connectivity index (χ0v) is 10.7. The summed E-state index contributed by atoms with van der Waals surface area (Å²) < 4.78 is 2.40. The van der Waals surface area contributed by atoms with Gasteiger partial charge in [0.15, 0.2) is 0 Å². The van der Waals surface area contributed by atoms with Crippen LogP contribution in [0.25, 0.3) is 11.0 Å². The van der Waals surface area contributed by atoms with Gasteiger partial charge in [-0.25, -0.2) is 4.98 Å². The lowest BCUT2D eigenvalue weighted by Gasteiger charge is -2.22. The number of thioether (sulfide) groups is 1. The predicted molar refractivity (Wildman–Crippen MR) is 71.7 cm³/mol. The topological polar surface area (TPSA) is 43.8 Å². The number of benzene rings is 1. The molecule has 0 aliphatic heterocycles. The Bertz CT molecular complexity index is 502. The van der Waals surface area contributed by atoms with Crippen molar-refractivity contribution < 1.29 is 0 Å². The first-order valence-electron chi connectivity index (χ1n) is 5.27. The molecule has 0 fully saturated rings. The maximum absolute atomic E-state index is 5.73. The lowest BCUT2D eigenvalue weighted by molar-refractivity contribution is 0.579. The van der Waals surface area contributed by atoms with Gasteiger partial charge in [0.05, 0.1) is 17.4 Å². The minimum atomic E-state index is 0.217. The lowest BCUT2D eigenvalue weighted by Crippen LogP contribution is -2.21. The number of hydrogen-bond donors (Lipinski definition) is 1. The quantitative estimate of drug-likeness (QED) is 0.832. The summed E-state index contributed by atoms with van der Waals surface area (Å²) in [5.74, 6) is 0. The molecule has 0 unspecified atom stereocenters. The summed E-state index contributed by atoms with van der Waals surface area (Å²) >= 11 is 1.86. The molecule has 16 heavy (non-hydrogen) atoms. The first-order chi connectivity index (χ1) is 7.52. The van der Waals surface area contributed by atoms with Gasteiger partial charge in [0.1, 0.15) is 0 Å². The minimum absolute atomic E-state index is 0.217. The van der Waals surface area contributed by atoms with Crippen molar-refractivity contribution in [3.8, 4) is 0 Å². The molecule has 0 saturated heterocycles. The molecular weight excluding hydrogens is 218 g/mol. The van der Waals surface area contributed by atoms with Gasteiger partial charge < -0.3 is 10.3 Å². The fraction of sp³-hybridized carbons (Fsp3) is 0.417. The average Bonchev–Trinajstić information content (AvgIpc) is 2.60. The molecule has 0 amide bonds. The Balaban J connectivity index is 2.39. The molecule has 0 saturated carbocycles. The number of nitrogens with two attached hydrogens (primary N) is 1. The van der Waals surface area contributed by atoms with Crippen molar-refractivity contribution in [1.29, 1.82) is 0 Å². The number of hydrogen-bond acceptors (Lipinski definition) is 3. The van der Waals surface area contributed by atoms with Crippen LogP contribution < -0.4 is 5.73 Å².